The lowest BCUT2D eigenvalue weighted by Crippen LogP contribution is -2.31. The molecule has 0 aromatic carbocycles. The van der Waals surface area contributed by atoms with Gasteiger partial charge in [-0.25, -0.2) is 0 Å². The van der Waals surface area contributed by atoms with Crippen LogP contribution in [0, 0.1) is 0 Å². The summed E-state index contributed by atoms with van der Waals surface area (Å²) in [6.45, 7) is 0.778. The molecular formula is C12H16BrNOS. The van der Waals surface area contributed by atoms with Crippen molar-refractivity contribution in [1.82, 2.24) is 5.32 Å². The molecule has 1 aromatic rings. The topological polar surface area (TPSA) is 29.1 Å². The van der Waals surface area contributed by atoms with Crippen molar-refractivity contribution in [1.29, 1.82) is 0 Å². The highest BCUT2D eigenvalue weighted by Crippen LogP contribution is 2.34. The Kier molecular flexibility index (Phi) is 4.41. The van der Waals surface area contributed by atoms with Crippen LogP contribution >= 0.6 is 27.3 Å². The third-order valence-corrected chi connectivity index (χ3v) is 4.54. The lowest BCUT2D eigenvalue weighted by Gasteiger charge is -2.21. The Morgan fingerprint density at radius 3 is 3.31 bits per heavy atom. The molecule has 0 aliphatic heterocycles. The van der Waals surface area contributed by atoms with Crippen LogP contribution in [0.15, 0.2) is 11.4 Å². The molecule has 0 radical (unpaired) electrons. The maximum atomic E-state index is 12.0. The van der Waals surface area contributed by atoms with E-state index in [1.807, 2.05) is 0 Å². The first kappa shape index (κ1) is 12.1. The van der Waals surface area contributed by atoms with E-state index in [1.165, 1.54) is 10.4 Å². The fourth-order valence-electron chi connectivity index (χ4n) is 2.16. The number of fused-ring (bicyclic) bond motifs is 1. The van der Waals surface area contributed by atoms with E-state index in [0.29, 0.717) is 0 Å². The number of carbonyl (C=O) groups is 1. The van der Waals surface area contributed by atoms with Crippen molar-refractivity contribution < 1.29 is 4.79 Å². The summed E-state index contributed by atoms with van der Waals surface area (Å²) in [5.74, 6) is 0.311. The molecule has 0 spiro atoms. The zero-order chi connectivity index (χ0) is 11.4. The number of hydrogen-bond acceptors (Lipinski definition) is 2. The molecule has 2 nitrogen and oxygen atoms in total. The van der Waals surface area contributed by atoms with Gasteiger partial charge < -0.3 is 5.32 Å². The molecule has 0 fully saturated rings. The van der Waals surface area contributed by atoms with Gasteiger partial charge in [0, 0.05) is 16.8 Å². The minimum absolute atomic E-state index is 0.102. The highest BCUT2D eigenvalue weighted by molar-refractivity contribution is 9.09. The number of aryl methyl sites for hydroxylation is 1. The summed E-state index contributed by atoms with van der Waals surface area (Å²) in [5, 5.41) is 6.07. The van der Waals surface area contributed by atoms with Crippen molar-refractivity contribution in [2.75, 3.05) is 11.9 Å². The van der Waals surface area contributed by atoms with E-state index >= 15 is 0 Å². The van der Waals surface area contributed by atoms with E-state index in [9.17, 15) is 4.79 Å². The van der Waals surface area contributed by atoms with Gasteiger partial charge in [0.05, 0.1) is 5.92 Å². The lowest BCUT2D eigenvalue weighted by molar-refractivity contribution is -0.122. The van der Waals surface area contributed by atoms with Crippen LogP contribution in [0.2, 0.25) is 0 Å². The van der Waals surface area contributed by atoms with Crippen LogP contribution in [0.3, 0.4) is 0 Å². The quantitative estimate of drug-likeness (QED) is 0.672. The molecule has 1 unspecified atom stereocenters. The van der Waals surface area contributed by atoms with E-state index in [4.69, 9.17) is 0 Å². The molecule has 16 heavy (non-hydrogen) atoms. The Morgan fingerprint density at radius 1 is 1.62 bits per heavy atom. The molecule has 1 aliphatic rings. The molecular weight excluding hydrogens is 286 g/mol. The van der Waals surface area contributed by atoms with Crippen LogP contribution in [0.5, 0.6) is 0 Å². The Morgan fingerprint density at radius 2 is 2.50 bits per heavy atom. The lowest BCUT2D eigenvalue weighted by atomic mass is 9.87. The molecule has 4 heteroatoms. The average Bonchev–Trinajstić information content (AvgIpc) is 2.76. The van der Waals surface area contributed by atoms with E-state index < -0.39 is 0 Å². The molecule has 1 amide bonds. The number of hydrogen-bond donors (Lipinski definition) is 1. The van der Waals surface area contributed by atoms with Gasteiger partial charge in [-0.1, -0.05) is 15.9 Å². The van der Waals surface area contributed by atoms with Crippen molar-refractivity contribution in [3.63, 3.8) is 0 Å². The van der Waals surface area contributed by atoms with Gasteiger partial charge in [-0.3, -0.25) is 4.79 Å². The van der Waals surface area contributed by atoms with Crippen molar-refractivity contribution in [3.8, 4) is 0 Å². The van der Waals surface area contributed by atoms with Gasteiger partial charge in [0.2, 0.25) is 5.91 Å². The Balaban J connectivity index is 1.98. The summed E-state index contributed by atoms with van der Waals surface area (Å²) in [6, 6.07) is 2.12. The summed E-state index contributed by atoms with van der Waals surface area (Å²) in [7, 11) is 0. The van der Waals surface area contributed by atoms with E-state index in [1.54, 1.807) is 11.3 Å². The second-order valence-corrected chi connectivity index (χ2v) is 5.87. The zero-order valence-corrected chi connectivity index (χ0v) is 11.6. The van der Waals surface area contributed by atoms with Gasteiger partial charge in [0.1, 0.15) is 0 Å². The number of rotatable bonds is 4. The van der Waals surface area contributed by atoms with Crippen LogP contribution in [0.1, 0.15) is 35.6 Å². The van der Waals surface area contributed by atoms with Gasteiger partial charge in [0.25, 0.3) is 0 Å². The Labute approximate surface area is 109 Å². The van der Waals surface area contributed by atoms with Gasteiger partial charge in [-0.2, -0.15) is 0 Å². The van der Waals surface area contributed by atoms with E-state index in [2.05, 4.69) is 32.7 Å². The van der Waals surface area contributed by atoms with E-state index in [-0.39, 0.29) is 11.8 Å². The first-order chi connectivity index (χ1) is 7.83. The number of alkyl halides is 1. The van der Waals surface area contributed by atoms with Crippen LogP contribution in [0.25, 0.3) is 0 Å². The summed E-state index contributed by atoms with van der Waals surface area (Å²) in [6.07, 6.45) is 4.29. The van der Waals surface area contributed by atoms with Crippen LogP contribution in [0.4, 0.5) is 0 Å². The van der Waals surface area contributed by atoms with Gasteiger partial charge in [-0.15, -0.1) is 11.3 Å². The minimum atomic E-state index is 0.102. The highest BCUT2D eigenvalue weighted by atomic mass is 79.9. The van der Waals surface area contributed by atoms with E-state index in [0.717, 1.165) is 37.6 Å². The van der Waals surface area contributed by atoms with Crippen LogP contribution in [-0.4, -0.2) is 17.8 Å². The third-order valence-electron chi connectivity index (χ3n) is 2.98. The second-order valence-electron chi connectivity index (χ2n) is 4.08. The summed E-state index contributed by atoms with van der Waals surface area (Å²) < 4.78 is 0. The van der Waals surface area contributed by atoms with Crippen molar-refractivity contribution >= 4 is 33.2 Å². The molecule has 1 atom stereocenters. The minimum Gasteiger partial charge on any atom is -0.356 e. The van der Waals surface area contributed by atoms with Crippen molar-refractivity contribution in [2.45, 2.75) is 31.6 Å². The average molecular weight is 302 g/mol. The molecule has 1 aliphatic carbocycles. The van der Waals surface area contributed by atoms with Crippen molar-refractivity contribution in [3.05, 3.63) is 21.9 Å². The number of halogens is 1. The number of carbonyl (C=O) groups excluding carboxylic acids is 1. The van der Waals surface area contributed by atoms with Gasteiger partial charge >= 0.3 is 0 Å². The fourth-order valence-corrected chi connectivity index (χ4v) is 3.43. The largest absolute Gasteiger partial charge is 0.356 e. The SMILES string of the molecule is O=C(NCCCBr)C1CCCc2sccc21. The van der Waals surface area contributed by atoms with Crippen LogP contribution < -0.4 is 5.32 Å². The monoisotopic (exact) mass is 301 g/mol. The standard InChI is InChI=1S/C12H16BrNOS/c13-6-2-7-14-12(15)10-3-1-4-11-9(10)5-8-16-11/h5,8,10H,1-4,6-7H2,(H,14,15). The molecule has 1 heterocycles. The predicted octanol–water partition coefficient (Wildman–Crippen LogP) is 3.07. The molecule has 0 saturated heterocycles. The Bertz CT molecular complexity index is 364. The maximum Gasteiger partial charge on any atom is 0.227 e. The summed E-state index contributed by atoms with van der Waals surface area (Å²) >= 11 is 5.15. The number of thiophene rings is 1. The maximum absolute atomic E-state index is 12.0. The molecule has 0 bridgehead atoms. The smallest absolute Gasteiger partial charge is 0.227 e. The van der Waals surface area contributed by atoms with Gasteiger partial charge in [0.15, 0.2) is 0 Å². The summed E-state index contributed by atoms with van der Waals surface area (Å²) in [4.78, 5) is 13.4. The molecule has 2 rings (SSSR count). The van der Waals surface area contributed by atoms with Crippen LogP contribution in [-0.2, 0) is 11.2 Å². The highest BCUT2D eigenvalue weighted by Gasteiger charge is 2.26. The molecule has 88 valence electrons. The first-order valence-electron chi connectivity index (χ1n) is 5.73. The number of nitrogens with one attached hydrogen (secondary N) is 1. The third kappa shape index (κ3) is 2.66. The molecule has 1 N–H and O–H groups in total. The number of amides is 1. The molecule has 1 aromatic heterocycles. The first-order valence-corrected chi connectivity index (χ1v) is 7.73. The molecule has 0 saturated carbocycles. The Hall–Kier alpha value is -0.350. The zero-order valence-electron chi connectivity index (χ0n) is 9.17. The van der Waals surface area contributed by atoms with Crippen molar-refractivity contribution in [2.24, 2.45) is 0 Å². The summed E-state index contributed by atoms with van der Waals surface area (Å²) in [5.41, 5.74) is 1.27. The predicted molar refractivity (Wildman–Crippen MR) is 71.4 cm³/mol. The fraction of sp³-hybridized carbons (Fsp3) is 0.583. The normalized spacial score (nSPS) is 19.2. The second kappa shape index (κ2) is 5.82. The van der Waals surface area contributed by atoms with Gasteiger partial charge in [-0.05, 0) is 42.7 Å².